The van der Waals surface area contributed by atoms with Crippen molar-refractivity contribution < 1.29 is 31.8 Å². The fourth-order valence-electron chi connectivity index (χ4n) is 1.53. The molecule has 0 aliphatic carbocycles. The van der Waals surface area contributed by atoms with Gasteiger partial charge in [0.05, 0.1) is 15.3 Å². The van der Waals surface area contributed by atoms with E-state index in [-0.39, 0.29) is 16.5 Å². The molecule has 1 radical (unpaired) electrons. The zero-order valence-electron chi connectivity index (χ0n) is 14.4. The van der Waals surface area contributed by atoms with Gasteiger partial charge in [-0.1, -0.05) is 0 Å². The molecule has 0 aromatic rings. The Kier molecular flexibility index (Phi) is 34.7. The number of nitrogens with one attached hydrogen (secondary N) is 4. The molecule has 0 atom stereocenters. The van der Waals surface area contributed by atoms with Gasteiger partial charge in [-0.15, -0.1) is 0 Å². The Morgan fingerprint density at radius 2 is 0.593 bits per heavy atom. The van der Waals surface area contributed by atoms with Crippen LogP contribution in [0.2, 0.25) is 0 Å². The van der Waals surface area contributed by atoms with Crippen LogP contribution in [0.5, 0.6) is 0 Å². The molecule has 163 valence electrons. The van der Waals surface area contributed by atoms with E-state index in [9.17, 15) is 0 Å². The minimum atomic E-state index is -1.75. The second-order valence-electron chi connectivity index (χ2n) is 4.38. The molecule has 0 spiro atoms. The fourth-order valence-corrected chi connectivity index (χ4v) is 1.53. The van der Waals surface area contributed by atoms with E-state index in [1.54, 1.807) is 0 Å². The standard InChI is InChI=1S/C10H24N4.3NO3.Ni/c1-3-11-7-9-13-5-2-6-14-10-8-12-4-1;3*2-1(3)4;/h11-14H,1-10H2;;;;/q;3*-1;+3. The third-order valence-corrected chi connectivity index (χ3v) is 2.37. The largest absolute Gasteiger partial charge is 3.00 e. The number of hydrogen-bond acceptors (Lipinski definition) is 13. The number of hydrogen-bond donors (Lipinski definition) is 4. The molecular weight excluding hydrogens is 421 g/mol. The maximum Gasteiger partial charge on any atom is 3.00 e. The Morgan fingerprint density at radius 3 is 0.741 bits per heavy atom. The summed E-state index contributed by atoms with van der Waals surface area (Å²) in [6.45, 7) is 8.87. The average Bonchev–Trinajstić information content (AvgIpc) is 2.48. The molecule has 1 fully saturated rings. The van der Waals surface area contributed by atoms with Crippen LogP contribution < -0.4 is 21.3 Å². The third kappa shape index (κ3) is 80.9. The molecule has 16 nitrogen and oxygen atoms in total. The maximum atomic E-state index is 8.25. The molecule has 0 unspecified atom stereocenters. The Bertz CT molecular complexity index is 261. The maximum absolute atomic E-state index is 8.25. The Balaban J connectivity index is -0.000000169. The third-order valence-electron chi connectivity index (χ3n) is 2.37. The zero-order chi connectivity index (χ0) is 20.6. The molecule has 0 aromatic heterocycles. The molecule has 1 heterocycles. The summed E-state index contributed by atoms with van der Waals surface area (Å²) in [7, 11) is 0. The van der Waals surface area contributed by atoms with E-state index in [0.717, 1.165) is 52.4 Å². The van der Waals surface area contributed by atoms with Gasteiger partial charge in [-0.3, -0.25) is 0 Å². The summed E-state index contributed by atoms with van der Waals surface area (Å²) in [5, 5.41) is 57.9. The van der Waals surface area contributed by atoms with Crippen molar-refractivity contribution in [2.45, 2.75) is 12.8 Å². The summed E-state index contributed by atoms with van der Waals surface area (Å²) in [5.74, 6) is 0. The van der Waals surface area contributed by atoms with E-state index in [1.807, 2.05) is 0 Å². The molecule has 1 rings (SSSR count). The summed E-state index contributed by atoms with van der Waals surface area (Å²) in [5.41, 5.74) is 0. The van der Waals surface area contributed by atoms with Gasteiger partial charge in [0.1, 0.15) is 0 Å². The van der Waals surface area contributed by atoms with Gasteiger partial charge in [0.25, 0.3) is 0 Å². The number of nitrogens with zero attached hydrogens (tertiary/aromatic N) is 3. The van der Waals surface area contributed by atoms with Crippen molar-refractivity contribution in [2.75, 3.05) is 52.4 Å². The summed E-state index contributed by atoms with van der Waals surface area (Å²) in [4.78, 5) is 24.8. The second-order valence-corrected chi connectivity index (χ2v) is 4.38. The van der Waals surface area contributed by atoms with Crippen LogP contribution in [0.15, 0.2) is 0 Å². The molecule has 0 amide bonds. The first-order valence-corrected chi connectivity index (χ1v) is 7.47. The number of rotatable bonds is 0. The first-order valence-electron chi connectivity index (χ1n) is 7.47. The van der Waals surface area contributed by atoms with Gasteiger partial charge in [0.2, 0.25) is 0 Å². The van der Waals surface area contributed by atoms with E-state index in [1.165, 1.54) is 12.8 Å². The topological polar surface area (TPSA) is 247 Å². The fraction of sp³-hybridized carbons (Fsp3) is 1.00. The molecular formula is C10H24N7NiO9. The van der Waals surface area contributed by atoms with Crippen molar-refractivity contribution in [3.05, 3.63) is 46.0 Å². The van der Waals surface area contributed by atoms with Crippen molar-refractivity contribution in [3.63, 3.8) is 0 Å². The summed E-state index contributed by atoms with van der Waals surface area (Å²) in [6.07, 6.45) is 2.44. The summed E-state index contributed by atoms with van der Waals surface area (Å²) >= 11 is 0. The first-order chi connectivity index (χ1) is 12.2. The van der Waals surface area contributed by atoms with Crippen LogP contribution in [0.3, 0.4) is 0 Å². The first kappa shape index (κ1) is 32.6. The molecule has 1 aliphatic rings. The van der Waals surface area contributed by atoms with Gasteiger partial charge in [0, 0.05) is 26.2 Å². The minimum absolute atomic E-state index is 0. The average molecular weight is 445 g/mol. The van der Waals surface area contributed by atoms with E-state index in [2.05, 4.69) is 21.3 Å². The quantitative estimate of drug-likeness (QED) is 0.187. The van der Waals surface area contributed by atoms with Crippen LogP contribution in [0, 0.1) is 46.0 Å². The SMILES string of the molecule is C1CNCCNCCCNCCNC1.O=[N+]([O-])[O-].O=[N+]([O-])[O-].O=[N+]([O-])[O-].[Ni+3]. The van der Waals surface area contributed by atoms with Gasteiger partial charge in [-0.05, 0) is 39.0 Å². The molecule has 0 saturated carbocycles. The van der Waals surface area contributed by atoms with Gasteiger partial charge < -0.3 is 67.2 Å². The van der Waals surface area contributed by atoms with Gasteiger partial charge in [0.15, 0.2) is 0 Å². The van der Waals surface area contributed by atoms with E-state index in [0.29, 0.717) is 0 Å². The molecule has 0 bridgehead atoms. The van der Waals surface area contributed by atoms with Gasteiger partial charge in [-0.25, -0.2) is 0 Å². The van der Waals surface area contributed by atoms with Crippen LogP contribution >= 0.6 is 0 Å². The Hall–Kier alpha value is -2.07. The summed E-state index contributed by atoms with van der Waals surface area (Å²) < 4.78 is 0. The van der Waals surface area contributed by atoms with Crippen molar-refractivity contribution in [3.8, 4) is 0 Å². The molecule has 4 N–H and O–H groups in total. The van der Waals surface area contributed by atoms with E-state index >= 15 is 0 Å². The van der Waals surface area contributed by atoms with Crippen LogP contribution in [0.25, 0.3) is 0 Å². The van der Waals surface area contributed by atoms with Crippen molar-refractivity contribution in [1.29, 1.82) is 0 Å². The predicted molar refractivity (Wildman–Crippen MR) is 91.8 cm³/mol. The van der Waals surface area contributed by atoms with Crippen molar-refractivity contribution in [1.82, 2.24) is 21.3 Å². The predicted octanol–water partition coefficient (Wildman–Crippen LogP) is -1.58. The van der Waals surface area contributed by atoms with Gasteiger partial charge in [-0.2, -0.15) is 0 Å². The second kappa shape index (κ2) is 28.7. The Morgan fingerprint density at radius 1 is 0.444 bits per heavy atom. The van der Waals surface area contributed by atoms with E-state index < -0.39 is 15.3 Å². The smallest absolute Gasteiger partial charge is 0.356 e. The normalized spacial score (nSPS) is 15.1. The molecule has 0 aromatic carbocycles. The zero-order valence-corrected chi connectivity index (χ0v) is 15.4. The monoisotopic (exact) mass is 444 g/mol. The molecule has 27 heavy (non-hydrogen) atoms. The Labute approximate surface area is 164 Å². The molecule has 17 heteroatoms. The van der Waals surface area contributed by atoms with Crippen LogP contribution in [0.1, 0.15) is 12.8 Å². The minimum Gasteiger partial charge on any atom is -0.356 e. The van der Waals surface area contributed by atoms with Crippen molar-refractivity contribution in [2.24, 2.45) is 0 Å². The van der Waals surface area contributed by atoms with Gasteiger partial charge >= 0.3 is 16.5 Å². The van der Waals surface area contributed by atoms with Crippen LogP contribution in [-0.2, 0) is 16.5 Å². The van der Waals surface area contributed by atoms with Crippen molar-refractivity contribution >= 4 is 0 Å². The molecule has 1 aliphatic heterocycles. The van der Waals surface area contributed by atoms with E-state index in [4.69, 9.17) is 46.0 Å². The molecule has 1 saturated heterocycles. The van der Waals surface area contributed by atoms with Crippen LogP contribution in [0.4, 0.5) is 0 Å². The van der Waals surface area contributed by atoms with Crippen LogP contribution in [-0.4, -0.2) is 67.6 Å². The summed E-state index contributed by atoms with van der Waals surface area (Å²) in [6, 6.07) is 0.